The van der Waals surface area contributed by atoms with E-state index >= 15 is 0 Å². The topological polar surface area (TPSA) is 42.2 Å². The van der Waals surface area contributed by atoms with E-state index in [0.717, 1.165) is 22.5 Å². The summed E-state index contributed by atoms with van der Waals surface area (Å²) >= 11 is 1.86. The van der Waals surface area contributed by atoms with Gasteiger partial charge in [0.05, 0.1) is 17.4 Å². The standard InChI is InChI=1S/C13H20N4S/c1-10-4-3-5-13(6-10)9-18-12(16-13)15-11-7-14-17(2)8-11/h7-8,10H,3-6,9H2,1-2H3,(H,15,16). The Bertz CT molecular complexity index is 467. The number of hydrogen-bond donors (Lipinski definition) is 1. The van der Waals surface area contributed by atoms with Gasteiger partial charge in [-0.15, -0.1) is 0 Å². The van der Waals surface area contributed by atoms with Gasteiger partial charge in [0.15, 0.2) is 5.17 Å². The van der Waals surface area contributed by atoms with Gasteiger partial charge in [0.2, 0.25) is 0 Å². The number of aryl methyl sites for hydroxylation is 1. The zero-order chi connectivity index (χ0) is 12.6. The zero-order valence-electron chi connectivity index (χ0n) is 11.0. The largest absolute Gasteiger partial charge is 0.332 e. The van der Waals surface area contributed by atoms with E-state index in [4.69, 9.17) is 4.99 Å². The Hall–Kier alpha value is -0.970. The van der Waals surface area contributed by atoms with Crippen molar-refractivity contribution >= 4 is 22.6 Å². The molecule has 1 aromatic heterocycles. The van der Waals surface area contributed by atoms with Crippen LogP contribution in [0.3, 0.4) is 0 Å². The minimum Gasteiger partial charge on any atom is -0.332 e. The molecular formula is C13H20N4S. The maximum atomic E-state index is 4.97. The van der Waals surface area contributed by atoms with Crippen LogP contribution in [0.5, 0.6) is 0 Å². The van der Waals surface area contributed by atoms with E-state index < -0.39 is 0 Å². The molecule has 0 bridgehead atoms. The maximum absolute atomic E-state index is 4.97. The number of hydrogen-bond acceptors (Lipinski definition) is 4. The van der Waals surface area contributed by atoms with Crippen LogP contribution in [-0.2, 0) is 7.05 Å². The van der Waals surface area contributed by atoms with Gasteiger partial charge in [0.25, 0.3) is 0 Å². The average Bonchev–Trinajstić information content (AvgIpc) is 2.87. The van der Waals surface area contributed by atoms with Gasteiger partial charge in [0, 0.05) is 19.0 Å². The molecule has 1 aromatic rings. The van der Waals surface area contributed by atoms with E-state index in [9.17, 15) is 0 Å². The van der Waals surface area contributed by atoms with E-state index in [2.05, 4.69) is 17.3 Å². The number of amidine groups is 1. The SMILES string of the molecule is CC1CCCC2(CSC(Nc3cnn(C)c3)=N2)C1. The first-order valence-electron chi connectivity index (χ1n) is 6.64. The number of nitrogens with zero attached hydrogens (tertiary/aromatic N) is 3. The molecule has 0 aromatic carbocycles. The minimum absolute atomic E-state index is 0.215. The van der Waals surface area contributed by atoms with Crippen LogP contribution in [-0.4, -0.2) is 26.2 Å². The molecule has 1 saturated carbocycles. The first-order chi connectivity index (χ1) is 8.65. The van der Waals surface area contributed by atoms with Crippen molar-refractivity contribution in [3.8, 4) is 0 Å². The smallest absolute Gasteiger partial charge is 0.161 e. The molecule has 4 nitrogen and oxygen atoms in total. The Labute approximate surface area is 112 Å². The van der Waals surface area contributed by atoms with Crippen LogP contribution in [0.2, 0.25) is 0 Å². The molecular weight excluding hydrogens is 244 g/mol. The molecule has 2 unspecified atom stereocenters. The maximum Gasteiger partial charge on any atom is 0.161 e. The highest BCUT2D eigenvalue weighted by Crippen LogP contribution is 2.42. The second-order valence-electron chi connectivity index (χ2n) is 5.66. The minimum atomic E-state index is 0.215. The van der Waals surface area contributed by atoms with Crippen molar-refractivity contribution in [2.24, 2.45) is 18.0 Å². The van der Waals surface area contributed by atoms with Crippen molar-refractivity contribution in [2.75, 3.05) is 11.1 Å². The fourth-order valence-corrected chi connectivity index (χ4v) is 4.20. The number of thioether (sulfide) groups is 1. The number of nitrogens with one attached hydrogen (secondary N) is 1. The van der Waals surface area contributed by atoms with Crippen LogP contribution in [0.4, 0.5) is 5.69 Å². The molecule has 1 aliphatic heterocycles. The van der Waals surface area contributed by atoms with Gasteiger partial charge >= 0.3 is 0 Å². The summed E-state index contributed by atoms with van der Waals surface area (Å²) in [5.74, 6) is 1.96. The van der Waals surface area contributed by atoms with Gasteiger partial charge in [-0.2, -0.15) is 5.10 Å². The van der Waals surface area contributed by atoms with Gasteiger partial charge in [-0.3, -0.25) is 9.67 Å². The monoisotopic (exact) mass is 264 g/mol. The summed E-state index contributed by atoms with van der Waals surface area (Å²) in [4.78, 5) is 4.97. The highest BCUT2D eigenvalue weighted by Gasteiger charge is 2.39. The van der Waals surface area contributed by atoms with Crippen molar-refractivity contribution < 1.29 is 0 Å². The molecule has 18 heavy (non-hydrogen) atoms. The second-order valence-corrected chi connectivity index (χ2v) is 6.62. The lowest BCUT2D eigenvalue weighted by atomic mass is 9.78. The third-order valence-corrected chi connectivity index (χ3v) is 4.99. The van der Waals surface area contributed by atoms with Crippen LogP contribution in [0.15, 0.2) is 17.4 Å². The predicted molar refractivity (Wildman–Crippen MR) is 77.1 cm³/mol. The molecule has 0 radical (unpaired) electrons. The lowest BCUT2D eigenvalue weighted by Crippen LogP contribution is -2.33. The highest BCUT2D eigenvalue weighted by atomic mass is 32.2. The first-order valence-corrected chi connectivity index (χ1v) is 7.62. The third kappa shape index (κ3) is 2.41. The summed E-state index contributed by atoms with van der Waals surface area (Å²) in [7, 11) is 1.93. The van der Waals surface area contributed by atoms with Crippen LogP contribution in [0.1, 0.15) is 32.6 Å². The van der Waals surface area contributed by atoms with Crippen molar-refractivity contribution in [1.29, 1.82) is 0 Å². The third-order valence-electron chi connectivity index (χ3n) is 3.84. The number of aromatic nitrogens is 2. The fraction of sp³-hybridized carbons (Fsp3) is 0.692. The summed E-state index contributed by atoms with van der Waals surface area (Å²) in [6, 6.07) is 0. The normalized spacial score (nSPS) is 31.7. The summed E-state index contributed by atoms with van der Waals surface area (Å²) in [5.41, 5.74) is 1.25. The summed E-state index contributed by atoms with van der Waals surface area (Å²) in [5, 5.41) is 8.61. The fourth-order valence-electron chi connectivity index (χ4n) is 3.02. The highest BCUT2D eigenvalue weighted by molar-refractivity contribution is 8.14. The molecule has 1 aliphatic carbocycles. The lowest BCUT2D eigenvalue weighted by Gasteiger charge is -2.33. The number of anilines is 1. The zero-order valence-corrected chi connectivity index (χ0v) is 11.8. The van der Waals surface area contributed by atoms with E-state index in [1.54, 1.807) is 4.68 Å². The van der Waals surface area contributed by atoms with E-state index in [0.29, 0.717) is 0 Å². The Morgan fingerprint density at radius 2 is 2.44 bits per heavy atom. The molecule has 0 saturated heterocycles. The quantitative estimate of drug-likeness (QED) is 0.848. The molecule has 1 N–H and O–H groups in total. The lowest BCUT2D eigenvalue weighted by molar-refractivity contribution is 0.266. The van der Waals surface area contributed by atoms with E-state index in [1.165, 1.54) is 25.7 Å². The van der Waals surface area contributed by atoms with Gasteiger partial charge < -0.3 is 5.32 Å². The molecule has 5 heteroatoms. The second kappa shape index (κ2) is 4.61. The Kier molecular flexibility index (Phi) is 3.09. The van der Waals surface area contributed by atoms with E-state index in [-0.39, 0.29) is 5.54 Å². The molecule has 1 fully saturated rings. The first kappa shape index (κ1) is 12.1. The van der Waals surface area contributed by atoms with Crippen LogP contribution >= 0.6 is 11.8 Å². The van der Waals surface area contributed by atoms with Crippen molar-refractivity contribution in [2.45, 2.75) is 38.1 Å². The Balaban J connectivity index is 1.71. The van der Waals surface area contributed by atoms with Gasteiger partial charge in [-0.05, 0) is 18.8 Å². The molecule has 3 rings (SSSR count). The molecule has 1 spiro atoms. The van der Waals surface area contributed by atoms with Gasteiger partial charge in [-0.1, -0.05) is 31.5 Å². The van der Waals surface area contributed by atoms with E-state index in [1.807, 2.05) is 31.2 Å². The molecule has 98 valence electrons. The summed E-state index contributed by atoms with van der Waals surface area (Å²) < 4.78 is 1.81. The number of aliphatic imine (C=N–C) groups is 1. The molecule has 2 atom stereocenters. The van der Waals surface area contributed by atoms with Crippen molar-refractivity contribution in [3.05, 3.63) is 12.4 Å². The van der Waals surface area contributed by atoms with Crippen LogP contribution in [0, 0.1) is 5.92 Å². The van der Waals surface area contributed by atoms with Crippen LogP contribution < -0.4 is 5.32 Å². The Morgan fingerprint density at radius 3 is 3.17 bits per heavy atom. The average molecular weight is 264 g/mol. The van der Waals surface area contributed by atoms with Gasteiger partial charge in [-0.25, -0.2) is 0 Å². The predicted octanol–water partition coefficient (Wildman–Crippen LogP) is 2.88. The molecule has 2 aliphatic rings. The summed E-state index contributed by atoms with van der Waals surface area (Å²) in [6.07, 6.45) is 9.02. The summed E-state index contributed by atoms with van der Waals surface area (Å²) in [6.45, 7) is 2.35. The van der Waals surface area contributed by atoms with Crippen molar-refractivity contribution in [1.82, 2.24) is 9.78 Å². The number of rotatable bonds is 1. The van der Waals surface area contributed by atoms with Gasteiger partial charge in [0.1, 0.15) is 0 Å². The van der Waals surface area contributed by atoms with Crippen LogP contribution in [0.25, 0.3) is 0 Å². The Morgan fingerprint density at radius 1 is 1.56 bits per heavy atom. The van der Waals surface area contributed by atoms with Crippen molar-refractivity contribution in [3.63, 3.8) is 0 Å². The molecule has 2 heterocycles. The molecule has 0 amide bonds.